The Balaban J connectivity index is 1.01. The maximum absolute atomic E-state index is 12.5. The molecule has 8 fully saturated rings. The van der Waals surface area contributed by atoms with Gasteiger partial charge in [-0.1, -0.05) is 27.7 Å². The minimum absolute atomic E-state index is 0.00942. The van der Waals surface area contributed by atoms with Gasteiger partial charge in [-0.2, -0.15) is 0 Å². The van der Waals surface area contributed by atoms with Gasteiger partial charge in [0.15, 0.2) is 12.4 Å². The summed E-state index contributed by atoms with van der Waals surface area (Å²) in [4.78, 5) is 14.7. The summed E-state index contributed by atoms with van der Waals surface area (Å²) in [6.45, 7) is 18.4. The molecule has 0 radical (unpaired) electrons. The summed E-state index contributed by atoms with van der Waals surface area (Å²) >= 11 is 0. The predicted octanol–water partition coefficient (Wildman–Crippen LogP) is 4.42. The standard InChI is InChI=1S/C40H66N2O8/c1-23-20-26(34(36(5,6)45)48-24(2)43)49-32-31(23)37(7)14-15-39-22-38(39)13-10-29(35(3,4)27(38)8-9-28(39)40(37,41)33(32)44)50-30-21-42(16-19-47-30)25-11-17-46-18-12-25/h23,25-34,44-45H,8-22,41H2,1-7H3. The fourth-order valence-corrected chi connectivity index (χ4v) is 14.5. The molecule has 0 aromatic heterocycles. The number of aliphatic hydroxyl groups excluding tert-OH is 1. The molecule has 0 amide bonds. The summed E-state index contributed by atoms with van der Waals surface area (Å²) < 4.78 is 31.3. The van der Waals surface area contributed by atoms with Crippen LogP contribution < -0.4 is 5.73 Å². The molecule has 10 nitrogen and oxygen atoms in total. The zero-order chi connectivity index (χ0) is 35.6. The average Bonchev–Trinajstić information content (AvgIpc) is 3.69. The van der Waals surface area contributed by atoms with Crippen LogP contribution >= 0.6 is 0 Å². The van der Waals surface area contributed by atoms with Crippen molar-refractivity contribution in [2.75, 3.05) is 32.9 Å². The van der Waals surface area contributed by atoms with Gasteiger partial charge in [-0.25, -0.2) is 0 Å². The van der Waals surface area contributed by atoms with Crippen molar-refractivity contribution in [3.05, 3.63) is 0 Å². The molecule has 2 spiro atoms. The lowest BCUT2D eigenvalue weighted by Crippen LogP contribution is -2.70. The van der Waals surface area contributed by atoms with Crippen molar-refractivity contribution in [1.82, 2.24) is 4.90 Å². The van der Waals surface area contributed by atoms with Crippen LogP contribution in [0.5, 0.6) is 0 Å². The quantitative estimate of drug-likeness (QED) is 0.342. The highest BCUT2D eigenvalue weighted by Gasteiger charge is 2.85. The Hall–Kier alpha value is -0.850. The molecular formula is C40H66N2O8. The lowest BCUT2D eigenvalue weighted by atomic mass is 9.43. The van der Waals surface area contributed by atoms with Gasteiger partial charge in [0, 0.05) is 39.3 Å². The Labute approximate surface area is 299 Å². The lowest BCUT2D eigenvalue weighted by Gasteiger charge is -2.63. The lowest BCUT2D eigenvalue weighted by molar-refractivity contribution is -0.249. The van der Waals surface area contributed by atoms with Crippen LogP contribution in [0.25, 0.3) is 0 Å². The second kappa shape index (κ2) is 12.1. The molecule has 14 atom stereocenters. The van der Waals surface area contributed by atoms with Crippen molar-refractivity contribution >= 4 is 5.97 Å². The Kier molecular flexibility index (Phi) is 8.73. The van der Waals surface area contributed by atoms with Crippen molar-refractivity contribution in [3.63, 3.8) is 0 Å². The zero-order valence-electron chi connectivity index (χ0n) is 31.8. The molecule has 50 heavy (non-hydrogen) atoms. The second-order valence-corrected chi connectivity index (χ2v) is 19.7. The fraction of sp³-hybridized carbons (Fsp3) is 0.975. The minimum atomic E-state index is -1.28. The summed E-state index contributed by atoms with van der Waals surface area (Å²) in [5.74, 6) is 0.618. The average molecular weight is 703 g/mol. The highest BCUT2D eigenvalue weighted by atomic mass is 16.7. The van der Waals surface area contributed by atoms with Gasteiger partial charge in [0.1, 0.15) is 0 Å². The molecule has 8 rings (SSSR count). The third-order valence-electron chi connectivity index (χ3n) is 16.7. The number of ether oxygens (including phenoxy) is 5. The largest absolute Gasteiger partial charge is 0.457 e. The number of rotatable bonds is 6. The molecule has 0 bridgehead atoms. The third-order valence-corrected chi connectivity index (χ3v) is 16.7. The first-order valence-corrected chi connectivity index (χ1v) is 20.1. The van der Waals surface area contributed by atoms with Crippen LogP contribution in [-0.4, -0.2) is 108 Å². The van der Waals surface area contributed by atoms with Crippen LogP contribution in [0.3, 0.4) is 0 Å². The van der Waals surface area contributed by atoms with Crippen molar-refractivity contribution in [1.29, 1.82) is 0 Å². The highest BCUT2D eigenvalue weighted by molar-refractivity contribution is 5.66. The van der Waals surface area contributed by atoms with E-state index in [0.717, 1.165) is 84.3 Å². The summed E-state index contributed by atoms with van der Waals surface area (Å²) in [7, 11) is 0. The van der Waals surface area contributed by atoms with Crippen LogP contribution in [0.2, 0.25) is 0 Å². The van der Waals surface area contributed by atoms with Crippen LogP contribution in [0.1, 0.15) is 113 Å². The molecule has 4 N–H and O–H groups in total. The smallest absolute Gasteiger partial charge is 0.303 e. The van der Waals surface area contributed by atoms with E-state index in [2.05, 4.69) is 32.6 Å². The number of carbonyl (C=O) groups is 1. The maximum Gasteiger partial charge on any atom is 0.303 e. The van der Waals surface area contributed by atoms with Crippen molar-refractivity contribution in [2.45, 2.75) is 167 Å². The van der Waals surface area contributed by atoms with E-state index < -0.39 is 41.5 Å². The van der Waals surface area contributed by atoms with Crippen LogP contribution in [0.4, 0.5) is 0 Å². The van der Waals surface area contributed by atoms with Crippen LogP contribution in [-0.2, 0) is 28.5 Å². The van der Waals surface area contributed by atoms with E-state index >= 15 is 0 Å². The van der Waals surface area contributed by atoms with Gasteiger partial charge in [0.2, 0.25) is 0 Å². The van der Waals surface area contributed by atoms with Gasteiger partial charge in [-0.3, -0.25) is 9.69 Å². The van der Waals surface area contributed by atoms with E-state index in [4.69, 9.17) is 29.4 Å². The van der Waals surface area contributed by atoms with Crippen molar-refractivity contribution in [2.24, 2.45) is 51.1 Å². The number of esters is 1. The number of fused-ring (bicyclic) bond motifs is 4. The number of hydrogen-bond donors (Lipinski definition) is 3. The van der Waals surface area contributed by atoms with Crippen molar-refractivity contribution in [3.8, 4) is 0 Å². The first-order chi connectivity index (χ1) is 23.5. The summed E-state index contributed by atoms with van der Waals surface area (Å²) in [5, 5.41) is 23.5. The molecule has 8 aliphatic rings. The number of nitrogens with zero attached hydrogens (tertiary/aromatic N) is 1. The SMILES string of the molecule is CC(=O)OC(C1CC(C)C2C(O1)C(O)C1(N)C3CCC4C(C)(C)C(OC5CN(C6CCOCC6)CCO5)CCC45CC35CCC21C)C(C)(C)O. The van der Waals surface area contributed by atoms with Gasteiger partial charge in [0.25, 0.3) is 0 Å². The minimum Gasteiger partial charge on any atom is -0.457 e. The third kappa shape index (κ3) is 5.04. The predicted molar refractivity (Wildman–Crippen MR) is 187 cm³/mol. The van der Waals surface area contributed by atoms with Crippen LogP contribution in [0.15, 0.2) is 0 Å². The van der Waals surface area contributed by atoms with Gasteiger partial charge in [0.05, 0.1) is 42.2 Å². The molecule has 10 heteroatoms. The Morgan fingerprint density at radius 2 is 1.70 bits per heavy atom. The van der Waals surface area contributed by atoms with E-state index in [0.29, 0.717) is 18.4 Å². The molecule has 14 unspecified atom stereocenters. The highest BCUT2D eigenvalue weighted by Crippen LogP contribution is 2.87. The van der Waals surface area contributed by atoms with E-state index in [9.17, 15) is 15.0 Å². The number of morpholine rings is 1. The molecule has 5 saturated carbocycles. The monoisotopic (exact) mass is 702 g/mol. The topological polar surface area (TPSA) is 133 Å². The fourth-order valence-electron chi connectivity index (χ4n) is 14.5. The molecule has 3 saturated heterocycles. The summed E-state index contributed by atoms with van der Waals surface area (Å²) in [6, 6.07) is 0.564. The number of hydrogen-bond acceptors (Lipinski definition) is 10. The molecule has 0 aromatic rings. The van der Waals surface area contributed by atoms with Gasteiger partial charge < -0.3 is 39.6 Å². The van der Waals surface area contributed by atoms with E-state index in [1.54, 1.807) is 13.8 Å². The van der Waals surface area contributed by atoms with E-state index in [-0.39, 0.29) is 51.8 Å². The number of carbonyl (C=O) groups excluding carboxylic acids is 1. The Bertz CT molecular complexity index is 1320. The zero-order valence-corrected chi connectivity index (χ0v) is 31.8. The Morgan fingerprint density at radius 1 is 1.00 bits per heavy atom. The van der Waals surface area contributed by atoms with Crippen molar-refractivity contribution < 1.29 is 38.7 Å². The molecule has 3 aliphatic heterocycles. The van der Waals surface area contributed by atoms with Crippen LogP contribution in [0, 0.1) is 45.3 Å². The summed E-state index contributed by atoms with van der Waals surface area (Å²) in [5.41, 5.74) is 5.86. The molecule has 3 heterocycles. The normalized spacial score (nSPS) is 51.0. The summed E-state index contributed by atoms with van der Waals surface area (Å²) in [6.07, 6.45) is 7.83. The second-order valence-electron chi connectivity index (χ2n) is 19.7. The van der Waals surface area contributed by atoms with Gasteiger partial charge in [-0.15, -0.1) is 0 Å². The van der Waals surface area contributed by atoms with E-state index in [1.165, 1.54) is 13.3 Å². The molecule has 284 valence electrons. The van der Waals surface area contributed by atoms with Gasteiger partial charge in [-0.05, 0) is 123 Å². The molecular weight excluding hydrogens is 636 g/mol. The molecule has 5 aliphatic carbocycles. The number of nitrogens with two attached hydrogens (primary N) is 1. The first kappa shape index (κ1) is 36.1. The molecule has 0 aromatic carbocycles. The number of aliphatic hydroxyl groups is 2. The van der Waals surface area contributed by atoms with E-state index in [1.807, 2.05) is 0 Å². The Morgan fingerprint density at radius 3 is 2.40 bits per heavy atom. The van der Waals surface area contributed by atoms with Gasteiger partial charge >= 0.3 is 5.97 Å². The maximum atomic E-state index is 12.5. The first-order valence-electron chi connectivity index (χ1n) is 20.1.